The van der Waals surface area contributed by atoms with Crippen LogP contribution in [0.5, 0.6) is 11.5 Å². The zero-order valence-corrected chi connectivity index (χ0v) is 20.7. The van der Waals surface area contributed by atoms with Gasteiger partial charge in [0, 0.05) is 11.6 Å². The maximum atomic E-state index is 13.0. The fourth-order valence-corrected chi connectivity index (χ4v) is 4.68. The van der Waals surface area contributed by atoms with Gasteiger partial charge in [0.15, 0.2) is 17.6 Å². The number of fused-ring (bicyclic) bond motifs is 1. The number of methoxy groups -OCH3 is 2. The van der Waals surface area contributed by atoms with E-state index in [4.69, 9.17) is 14.2 Å². The standard InChI is InChI=1S/C27H30N2O7/c1-16(24(30)28-19-9-5-4-6-10-19)36-27(33)17-13-18(23(35-3)22(14-17)34-2)15-29-25(31)20-11-7-8-12-21(20)26(29)32/h7-8,11-14,16,19H,4-6,9-10,15H2,1-3H3,(H,28,30)/t16-/m1/s1. The van der Waals surface area contributed by atoms with E-state index in [-0.39, 0.29) is 35.6 Å². The molecule has 36 heavy (non-hydrogen) atoms. The highest BCUT2D eigenvalue weighted by Crippen LogP contribution is 2.35. The molecule has 0 aromatic heterocycles. The molecule has 1 aliphatic carbocycles. The summed E-state index contributed by atoms with van der Waals surface area (Å²) in [5.74, 6) is -1.42. The Labute approximate surface area is 209 Å². The van der Waals surface area contributed by atoms with Crippen LogP contribution in [0.4, 0.5) is 0 Å². The highest BCUT2D eigenvalue weighted by molar-refractivity contribution is 6.21. The second-order valence-electron chi connectivity index (χ2n) is 9.00. The quantitative estimate of drug-likeness (QED) is 0.442. The molecule has 3 amide bonds. The maximum absolute atomic E-state index is 13.0. The van der Waals surface area contributed by atoms with Crippen LogP contribution in [0.25, 0.3) is 0 Å². The molecule has 0 spiro atoms. The molecule has 190 valence electrons. The number of esters is 1. The van der Waals surface area contributed by atoms with E-state index in [1.54, 1.807) is 24.3 Å². The van der Waals surface area contributed by atoms with Gasteiger partial charge in [-0.25, -0.2) is 4.79 Å². The molecule has 1 saturated carbocycles. The summed E-state index contributed by atoms with van der Waals surface area (Å²) in [6, 6.07) is 9.61. The van der Waals surface area contributed by atoms with Gasteiger partial charge in [-0.2, -0.15) is 0 Å². The van der Waals surface area contributed by atoms with Gasteiger partial charge in [-0.1, -0.05) is 31.4 Å². The number of hydrogen-bond acceptors (Lipinski definition) is 7. The monoisotopic (exact) mass is 494 g/mol. The smallest absolute Gasteiger partial charge is 0.339 e. The number of nitrogens with one attached hydrogen (secondary N) is 1. The number of amides is 3. The minimum absolute atomic E-state index is 0.0970. The highest BCUT2D eigenvalue weighted by atomic mass is 16.5. The summed E-state index contributed by atoms with van der Waals surface area (Å²) in [6.45, 7) is 1.39. The Morgan fingerprint density at radius 2 is 1.64 bits per heavy atom. The number of rotatable bonds is 8. The first kappa shape index (κ1) is 25.2. The van der Waals surface area contributed by atoms with E-state index in [0.29, 0.717) is 16.7 Å². The van der Waals surface area contributed by atoms with Crippen LogP contribution in [0.2, 0.25) is 0 Å². The van der Waals surface area contributed by atoms with E-state index in [1.807, 2.05) is 0 Å². The van der Waals surface area contributed by atoms with Crippen molar-refractivity contribution in [1.29, 1.82) is 0 Å². The summed E-state index contributed by atoms with van der Waals surface area (Å²) in [5.41, 5.74) is 1.14. The molecule has 2 aliphatic rings. The largest absolute Gasteiger partial charge is 0.493 e. The van der Waals surface area contributed by atoms with Gasteiger partial charge in [-0.15, -0.1) is 0 Å². The van der Waals surface area contributed by atoms with Crippen molar-refractivity contribution in [1.82, 2.24) is 10.2 Å². The molecule has 0 radical (unpaired) electrons. The van der Waals surface area contributed by atoms with Gasteiger partial charge >= 0.3 is 5.97 Å². The molecule has 1 fully saturated rings. The summed E-state index contributed by atoms with van der Waals surface area (Å²) in [7, 11) is 2.85. The Bertz CT molecular complexity index is 1150. The molecule has 1 N–H and O–H groups in total. The van der Waals surface area contributed by atoms with Crippen molar-refractivity contribution in [3.8, 4) is 11.5 Å². The van der Waals surface area contributed by atoms with E-state index >= 15 is 0 Å². The van der Waals surface area contributed by atoms with Crippen molar-refractivity contribution in [3.05, 3.63) is 58.7 Å². The van der Waals surface area contributed by atoms with Crippen LogP contribution < -0.4 is 14.8 Å². The van der Waals surface area contributed by atoms with Gasteiger partial charge in [0.25, 0.3) is 17.7 Å². The molecule has 0 bridgehead atoms. The third kappa shape index (κ3) is 5.05. The summed E-state index contributed by atoms with van der Waals surface area (Å²) in [4.78, 5) is 52.4. The van der Waals surface area contributed by atoms with E-state index in [2.05, 4.69) is 5.32 Å². The molecule has 2 aromatic carbocycles. The van der Waals surface area contributed by atoms with Crippen LogP contribution in [-0.4, -0.2) is 55.0 Å². The number of ether oxygens (including phenoxy) is 3. The zero-order valence-electron chi connectivity index (χ0n) is 20.7. The average molecular weight is 495 g/mol. The third-order valence-electron chi connectivity index (χ3n) is 6.60. The van der Waals surface area contributed by atoms with Crippen molar-refractivity contribution >= 4 is 23.7 Å². The average Bonchev–Trinajstić information content (AvgIpc) is 3.13. The molecule has 2 aromatic rings. The molecule has 1 heterocycles. The van der Waals surface area contributed by atoms with Crippen molar-refractivity contribution in [2.75, 3.05) is 14.2 Å². The van der Waals surface area contributed by atoms with Gasteiger partial charge in [0.1, 0.15) is 0 Å². The van der Waals surface area contributed by atoms with Crippen LogP contribution in [0, 0.1) is 0 Å². The second-order valence-corrected chi connectivity index (χ2v) is 9.00. The van der Waals surface area contributed by atoms with Crippen molar-refractivity contribution in [2.45, 2.75) is 57.7 Å². The Kier molecular flexibility index (Phi) is 7.57. The van der Waals surface area contributed by atoms with Crippen molar-refractivity contribution in [3.63, 3.8) is 0 Å². The van der Waals surface area contributed by atoms with Crippen LogP contribution in [0.3, 0.4) is 0 Å². The Morgan fingerprint density at radius 1 is 1.00 bits per heavy atom. The van der Waals surface area contributed by atoms with Gasteiger partial charge in [0.05, 0.1) is 37.5 Å². The number of carbonyl (C=O) groups excluding carboxylic acids is 4. The van der Waals surface area contributed by atoms with Crippen LogP contribution in [0.15, 0.2) is 36.4 Å². The van der Waals surface area contributed by atoms with Crippen LogP contribution >= 0.6 is 0 Å². The topological polar surface area (TPSA) is 111 Å². The van der Waals surface area contributed by atoms with Crippen LogP contribution in [-0.2, 0) is 16.1 Å². The molecule has 1 atom stereocenters. The van der Waals surface area contributed by atoms with Gasteiger partial charge in [-0.05, 0) is 44.0 Å². The van der Waals surface area contributed by atoms with Crippen molar-refractivity contribution in [2.24, 2.45) is 0 Å². The van der Waals surface area contributed by atoms with E-state index in [1.165, 1.54) is 39.7 Å². The highest BCUT2D eigenvalue weighted by Gasteiger charge is 2.36. The lowest BCUT2D eigenvalue weighted by atomic mass is 9.95. The van der Waals surface area contributed by atoms with Gasteiger partial charge in [0.2, 0.25) is 0 Å². The number of carbonyl (C=O) groups is 4. The summed E-state index contributed by atoms with van der Waals surface area (Å²) in [6.07, 6.45) is 4.15. The number of hydrogen-bond donors (Lipinski definition) is 1. The minimum Gasteiger partial charge on any atom is -0.493 e. The molecule has 0 unspecified atom stereocenters. The number of benzene rings is 2. The molecular weight excluding hydrogens is 464 g/mol. The zero-order chi connectivity index (χ0) is 25.8. The Morgan fingerprint density at radius 3 is 2.22 bits per heavy atom. The molecule has 1 aliphatic heterocycles. The number of nitrogens with zero attached hydrogens (tertiary/aromatic N) is 1. The van der Waals surface area contributed by atoms with E-state index < -0.39 is 23.9 Å². The lowest BCUT2D eigenvalue weighted by Gasteiger charge is -2.24. The van der Waals surface area contributed by atoms with Crippen LogP contribution in [0.1, 0.15) is 75.7 Å². The van der Waals surface area contributed by atoms with Crippen molar-refractivity contribution < 1.29 is 33.4 Å². The fraction of sp³-hybridized carbons (Fsp3) is 0.407. The summed E-state index contributed by atoms with van der Waals surface area (Å²) < 4.78 is 16.3. The lowest BCUT2D eigenvalue weighted by molar-refractivity contribution is -0.130. The summed E-state index contributed by atoms with van der Waals surface area (Å²) in [5, 5.41) is 2.95. The lowest BCUT2D eigenvalue weighted by Crippen LogP contribution is -2.42. The molecule has 9 nitrogen and oxygen atoms in total. The van der Waals surface area contributed by atoms with Gasteiger partial charge < -0.3 is 19.5 Å². The normalized spacial score (nSPS) is 16.4. The third-order valence-corrected chi connectivity index (χ3v) is 6.60. The molecular formula is C27H30N2O7. The Hall–Kier alpha value is -3.88. The van der Waals surface area contributed by atoms with E-state index in [0.717, 1.165) is 30.6 Å². The summed E-state index contributed by atoms with van der Waals surface area (Å²) >= 11 is 0. The fourth-order valence-electron chi connectivity index (χ4n) is 4.68. The van der Waals surface area contributed by atoms with E-state index in [9.17, 15) is 19.2 Å². The second kappa shape index (κ2) is 10.8. The molecule has 9 heteroatoms. The number of imide groups is 1. The predicted octanol–water partition coefficient (Wildman–Crippen LogP) is 3.49. The van der Waals surface area contributed by atoms with Gasteiger partial charge in [-0.3, -0.25) is 19.3 Å². The molecule has 4 rings (SSSR count). The first-order chi connectivity index (χ1) is 17.3. The minimum atomic E-state index is -0.993. The first-order valence-electron chi connectivity index (χ1n) is 12.1. The SMILES string of the molecule is COc1cc(C(=O)O[C@H](C)C(=O)NC2CCCCC2)cc(CN2C(=O)c3ccccc3C2=O)c1OC. The molecule has 0 saturated heterocycles. The Balaban J connectivity index is 1.53. The first-order valence-corrected chi connectivity index (χ1v) is 12.1. The predicted molar refractivity (Wildman–Crippen MR) is 130 cm³/mol. The maximum Gasteiger partial charge on any atom is 0.339 e.